The van der Waals surface area contributed by atoms with Crippen molar-refractivity contribution < 1.29 is 4.79 Å². The van der Waals surface area contributed by atoms with Gasteiger partial charge >= 0.3 is 0 Å². The van der Waals surface area contributed by atoms with E-state index in [0.717, 1.165) is 27.0 Å². The molecule has 3 rings (SSSR count). The van der Waals surface area contributed by atoms with Crippen molar-refractivity contribution in [1.29, 1.82) is 0 Å². The molecule has 2 aromatic carbocycles. The number of anilines is 1. The normalized spacial score (nSPS) is 10.7. The molecule has 6 nitrogen and oxygen atoms in total. The average Bonchev–Trinajstić information content (AvgIpc) is 3.06. The lowest BCUT2D eigenvalue weighted by atomic mass is 10.1. The van der Waals surface area contributed by atoms with Crippen molar-refractivity contribution in [3.63, 3.8) is 0 Å². The molecule has 0 aliphatic rings. The molecule has 0 atom stereocenters. The van der Waals surface area contributed by atoms with Gasteiger partial charge in [-0.3, -0.25) is 4.79 Å². The molecule has 0 aliphatic carbocycles. The van der Waals surface area contributed by atoms with Crippen molar-refractivity contribution in [3.8, 4) is 5.69 Å². The number of carbonyl (C=O) groups is 1. The highest BCUT2D eigenvalue weighted by atomic mass is 79.9. The molecule has 1 heterocycles. The number of aromatic nitrogens is 4. The van der Waals surface area contributed by atoms with Crippen LogP contribution in [-0.2, 0) is 4.79 Å². The first kappa shape index (κ1) is 17.6. The Labute approximate surface area is 158 Å². The van der Waals surface area contributed by atoms with Gasteiger partial charge in [-0.1, -0.05) is 45.9 Å². The number of para-hydroxylation sites is 1. The summed E-state index contributed by atoms with van der Waals surface area (Å²) in [5.74, 6) is 0.137. The van der Waals surface area contributed by atoms with Crippen LogP contribution in [0.4, 0.5) is 5.69 Å². The molecule has 1 N–H and O–H groups in total. The molecule has 1 aromatic heterocycles. The Morgan fingerprint density at radius 2 is 1.84 bits per heavy atom. The fourth-order valence-corrected chi connectivity index (χ4v) is 3.29. The number of hydrogen-bond acceptors (Lipinski definition) is 5. The first-order valence-electron chi connectivity index (χ1n) is 7.58. The summed E-state index contributed by atoms with van der Waals surface area (Å²) in [6.45, 7) is 3.95. The Balaban J connectivity index is 1.67. The third-order valence-corrected chi connectivity index (χ3v) is 5.04. The summed E-state index contributed by atoms with van der Waals surface area (Å²) in [5.41, 5.74) is 3.78. The number of benzene rings is 2. The lowest BCUT2D eigenvalue weighted by molar-refractivity contribution is -0.113. The van der Waals surface area contributed by atoms with Gasteiger partial charge < -0.3 is 5.32 Å². The molecular formula is C17H16BrN5OS. The van der Waals surface area contributed by atoms with Gasteiger partial charge in [0.1, 0.15) is 0 Å². The number of aryl methyl sites for hydroxylation is 2. The van der Waals surface area contributed by atoms with Gasteiger partial charge in [0.05, 0.1) is 11.4 Å². The number of nitrogens with zero attached hydrogens (tertiary/aromatic N) is 4. The van der Waals surface area contributed by atoms with Crippen molar-refractivity contribution in [1.82, 2.24) is 20.2 Å². The fraction of sp³-hybridized carbons (Fsp3) is 0.176. The number of nitrogens with one attached hydrogen (secondary N) is 1. The van der Waals surface area contributed by atoms with Crippen LogP contribution in [0.5, 0.6) is 0 Å². The second-order valence-electron chi connectivity index (χ2n) is 5.45. The zero-order valence-electron chi connectivity index (χ0n) is 13.7. The Morgan fingerprint density at radius 1 is 1.16 bits per heavy atom. The second-order valence-corrected chi connectivity index (χ2v) is 7.31. The minimum absolute atomic E-state index is 0.0900. The SMILES string of the molecule is Cc1cccc(C)c1NC(=O)CSc1nnnn1-c1ccc(Br)cc1. The topological polar surface area (TPSA) is 72.7 Å². The van der Waals surface area contributed by atoms with E-state index in [4.69, 9.17) is 0 Å². The lowest BCUT2D eigenvalue weighted by Gasteiger charge is -2.11. The highest BCUT2D eigenvalue weighted by Crippen LogP contribution is 2.22. The predicted octanol–water partition coefficient (Wildman–Crippen LogP) is 3.77. The number of thioether (sulfide) groups is 1. The summed E-state index contributed by atoms with van der Waals surface area (Å²) in [6, 6.07) is 13.6. The number of tetrazole rings is 1. The van der Waals surface area contributed by atoms with Crippen LogP contribution in [0.1, 0.15) is 11.1 Å². The number of carbonyl (C=O) groups excluding carboxylic acids is 1. The Bertz CT molecular complexity index is 874. The maximum absolute atomic E-state index is 12.3. The van der Waals surface area contributed by atoms with Crippen LogP contribution in [0, 0.1) is 13.8 Å². The summed E-state index contributed by atoms with van der Waals surface area (Å²) >= 11 is 4.70. The van der Waals surface area contributed by atoms with Gasteiger partial charge in [-0.25, -0.2) is 0 Å². The van der Waals surface area contributed by atoms with Gasteiger partial charge in [0, 0.05) is 10.2 Å². The van der Waals surface area contributed by atoms with Crippen LogP contribution >= 0.6 is 27.7 Å². The van der Waals surface area contributed by atoms with Gasteiger partial charge in [-0.2, -0.15) is 4.68 Å². The minimum Gasteiger partial charge on any atom is -0.325 e. The summed E-state index contributed by atoms with van der Waals surface area (Å²) in [7, 11) is 0. The van der Waals surface area contributed by atoms with E-state index in [0.29, 0.717) is 5.16 Å². The molecule has 0 spiro atoms. The van der Waals surface area contributed by atoms with Crippen molar-refractivity contribution in [3.05, 3.63) is 58.1 Å². The third kappa shape index (κ3) is 4.26. The first-order valence-corrected chi connectivity index (χ1v) is 9.35. The zero-order valence-corrected chi connectivity index (χ0v) is 16.1. The van der Waals surface area contributed by atoms with E-state index in [-0.39, 0.29) is 11.7 Å². The summed E-state index contributed by atoms with van der Waals surface area (Å²) in [5, 5.41) is 15.2. The summed E-state index contributed by atoms with van der Waals surface area (Å²) < 4.78 is 2.59. The maximum atomic E-state index is 12.3. The van der Waals surface area contributed by atoms with E-state index in [9.17, 15) is 4.79 Å². The molecule has 0 saturated carbocycles. The van der Waals surface area contributed by atoms with Gasteiger partial charge in [-0.15, -0.1) is 5.10 Å². The fourth-order valence-electron chi connectivity index (χ4n) is 2.33. The average molecular weight is 418 g/mol. The molecule has 25 heavy (non-hydrogen) atoms. The van der Waals surface area contributed by atoms with E-state index in [1.54, 1.807) is 4.68 Å². The molecule has 3 aromatic rings. The van der Waals surface area contributed by atoms with E-state index >= 15 is 0 Å². The van der Waals surface area contributed by atoms with Gasteiger partial charge in [0.25, 0.3) is 0 Å². The summed E-state index contributed by atoms with van der Waals surface area (Å²) in [4.78, 5) is 12.3. The summed E-state index contributed by atoms with van der Waals surface area (Å²) in [6.07, 6.45) is 0. The molecule has 0 radical (unpaired) electrons. The highest BCUT2D eigenvalue weighted by molar-refractivity contribution is 9.10. The lowest BCUT2D eigenvalue weighted by Crippen LogP contribution is -2.16. The quantitative estimate of drug-likeness (QED) is 0.639. The van der Waals surface area contributed by atoms with Crippen LogP contribution in [0.25, 0.3) is 5.69 Å². The molecule has 0 aliphatic heterocycles. The van der Waals surface area contributed by atoms with Crippen LogP contribution < -0.4 is 5.32 Å². The standard InChI is InChI=1S/C17H16BrN5OS/c1-11-4-3-5-12(2)16(11)19-15(24)10-25-17-20-21-22-23(17)14-8-6-13(18)7-9-14/h3-9H,10H2,1-2H3,(H,19,24). The monoisotopic (exact) mass is 417 g/mol. The molecule has 0 unspecified atom stereocenters. The van der Waals surface area contributed by atoms with Crippen molar-refractivity contribution in [2.24, 2.45) is 0 Å². The largest absolute Gasteiger partial charge is 0.325 e. The van der Waals surface area contributed by atoms with Crippen LogP contribution in [0.15, 0.2) is 52.1 Å². The highest BCUT2D eigenvalue weighted by Gasteiger charge is 2.13. The van der Waals surface area contributed by atoms with Crippen LogP contribution in [-0.4, -0.2) is 31.9 Å². The first-order chi connectivity index (χ1) is 12.0. The number of halogens is 1. The Hall–Kier alpha value is -2.19. The van der Waals surface area contributed by atoms with E-state index in [2.05, 4.69) is 36.8 Å². The van der Waals surface area contributed by atoms with Gasteiger partial charge in [-0.05, 0) is 59.7 Å². The molecular weight excluding hydrogens is 402 g/mol. The van der Waals surface area contributed by atoms with Gasteiger partial charge in [0.2, 0.25) is 11.1 Å². The van der Waals surface area contributed by atoms with Crippen molar-refractivity contribution >= 4 is 39.3 Å². The van der Waals surface area contributed by atoms with Crippen LogP contribution in [0.2, 0.25) is 0 Å². The molecule has 0 saturated heterocycles. The smallest absolute Gasteiger partial charge is 0.234 e. The minimum atomic E-state index is -0.0900. The van der Waals surface area contributed by atoms with E-state index in [1.165, 1.54) is 11.8 Å². The zero-order chi connectivity index (χ0) is 17.8. The van der Waals surface area contributed by atoms with Crippen molar-refractivity contribution in [2.45, 2.75) is 19.0 Å². The third-order valence-electron chi connectivity index (χ3n) is 3.59. The molecule has 1 amide bonds. The molecule has 128 valence electrons. The molecule has 0 bridgehead atoms. The number of amides is 1. The Morgan fingerprint density at radius 3 is 2.52 bits per heavy atom. The number of hydrogen-bond donors (Lipinski definition) is 1. The number of rotatable bonds is 5. The van der Waals surface area contributed by atoms with Gasteiger partial charge in [0.15, 0.2) is 0 Å². The predicted molar refractivity (Wildman–Crippen MR) is 102 cm³/mol. The second kappa shape index (κ2) is 7.79. The van der Waals surface area contributed by atoms with E-state index < -0.39 is 0 Å². The molecule has 8 heteroatoms. The van der Waals surface area contributed by atoms with E-state index in [1.807, 2.05) is 56.3 Å². The van der Waals surface area contributed by atoms with Crippen LogP contribution in [0.3, 0.4) is 0 Å². The Kier molecular flexibility index (Phi) is 5.50. The van der Waals surface area contributed by atoms with Crippen molar-refractivity contribution in [2.75, 3.05) is 11.1 Å². The molecule has 0 fully saturated rings. The maximum Gasteiger partial charge on any atom is 0.234 e.